The van der Waals surface area contributed by atoms with E-state index in [1.165, 1.54) is 0 Å². The smallest absolute Gasteiger partial charge is 0.269 e. The zero-order valence-corrected chi connectivity index (χ0v) is 10.8. The van der Waals surface area contributed by atoms with Gasteiger partial charge in [0.25, 0.3) is 5.91 Å². The zero-order chi connectivity index (χ0) is 13.5. The van der Waals surface area contributed by atoms with Crippen molar-refractivity contribution in [2.24, 2.45) is 0 Å². The van der Waals surface area contributed by atoms with Crippen molar-refractivity contribution >= 4 is 5.91 Å². The van der Waals surface area contributed by atoms with Crippen molar-refractivity contribution in [1.82, 2.24) is 10.3 Å². The molecule has 0 aliphatic rings. The first-order valence-electron chi connectivity index (χ1n) is 6.12. The molecule has 1 N–H and O–H groups in total. The lowest BCUT2D eigenvalue weighted by Crippen LogP contribution is -2.26. The minimum absolute atomic E-state index is 0.157. The Kier molecular flexibility index (Phi) is 4.50. The molecule has 0 saturated carbocycles. The molecular formula is C15H16N2O2. The fourth-order valence-corrected chi connectivity index (χ4v) is 1.81. The number of nitrogens with zero attached hydrogens (tertiary/aromatic N) is 1. The number of ether oxygens (including phenoxy) is 1. The van der Waals surface area contributed by atoms with Crippen molar-refractivity contribution in [3.63, 3.8) is 0 Å². The fraction of sp³-hybridized carbons (Fsp3) is 0.200. The number of nitrogens with one attached hydrogen (secondary N) is 1. The van der Waals surface area contributed by atoms with Crippen LogP contribution in [0.3, 0.4) is 0 Å². The maximum absolute atomic E-state index is 11.8. The molecule has 1 amide bonds. The number of benzene rings is 1. The number of carbonyl (C=O) groups excluding carboxylic acids is 1. The fourth-order valence-electron chi connectivity index (χ4n) is 1.81. The number of methoxy groups -OCH3 is 1. The quantitative estimate of drug-likeness (QED) is 0.891. The lowest BCUT2D eigenvalue weighted by atomic mass is 10.1. The van der Waals surface area contributed by atoms with Crippen LogP contribution in [0.15, 0.2) is 48.7 Å². The Balaban J connectivity index is 1.88. The van der Waals surface area contributed by atoms with Gasteiger partial charge in [-0.25, -0.2) is 0 Å². The normalized spacial score (nSPS) is 9.95. The van der Waals surface area contributed by atoms with Gasteiger partial charge in [0.05, 0.1) is 7.11 Å². The number of rotatable bonds is 5. The molecule has 0 spiro atoms. The predicted molar refractivity (Wildman–Crippen MR) is 73.3 cm³/mol. The lowest BCUT2D eigenvalue weighted by molar-refractivity contribution is 0.0949. The van der Waals surface area contributed by atoms with Crippen molar-refractivity contribution < 1.29 is 9.53 Å². The van der Waals surface area contributed by atoms with Crippen molar-refractivity contribution in [3.05, 3.63) is 59.9 Å². The summed E-state index contributed by atoms with van der Waals surface area (Å²) in [6.45, 7) is 0.551. The van der Waals surface area contributed by atoms with E-state index in [2.05, 4.69) is 10.3 Å². The number of para-hydroxylation sites is 1. The summed E-state index contributed by atoms with van der Waals surface area (Å²) >= 11 is 0. The first-order valence-corrected chi connectivity index (χ1v) is 6.12. The Labute approximate surface area is 112 Å². The van der Waals surface area contributed by atoms with Gasteiger partial charge >= 0.3 is 0 Å². The Morgan fingerprint density at radius 2 is 2.00 bits per heavy atom. The second-order valence-corrected chi connectivity index (χ2v) is 4.03. The first kappa shape index (κ1) is 13.1. The Bertz CT molecular complexity index is 541. The summed E-state index contributed by atoms with van der Waals surface area (Å²) < 4.78 is 5.26. The molecule has 0 radical (unpaired) electrons. The maximum Gasteiger partial charge on any atom is 0.269 e. The van der Waals surface area contributed by atoms with Crippen molar-refractivity contribution in [2.45, 2.75) is 6.42 Å². The average molecular weight is 256 g/mol. The van der Waals surface area contributed by atoms with E-state index < -0.39 is 0 Å². The minimum Gasteiger partial charge on any atom is -0.496 e. The highest BCUT2D eigenvalue weighted by Crippen LogP contribution is 2.17. The lowest BCUT2D eigenvalue weighted by Gasteiger charge is -2.08. The minimum atomic E-state index is -0.157. The first-order chi connectivity index (χ1) is 9.31. The molecular weight excluding hydrogens is 240 g/mol. The molecule has 4 heteroatoms. The highest BCUT2D eigenvalue weighted by molar-refractivity contribution is 5.92. The van der Waals surface area contributed by atoms with Gasteiger partial charge in [-0.3, -0.25) is 9.78 Å². The third kappa shape index (κ3) is 3.55. The molecule has 0 aliphatic carbocycles. The van der Waals surface area contributed by atoms with Gasteiger partial charge < -0.3 is 10.1 Å². The molecule has 4 nitrogen and oxygen atoms in total. The number of hydrogen-bond donors (Lipinski definition) is 1. The second kappa shape index (κ2) is 6.54. The molecule has 0 atom stereocenters. The number of hydrogen-bond acceptors (Lipinski definition) is 3. The molecule has 0 saturated heterocycles. The third-order valence-corrected chi connectivity index (χ3v) is 2.77. The SMILES string of the molecule is COc1ccccc1CCNC(=O)c1ccccn1. The zero-order valence-electron chi connectivity index (χ0n) is 10.8. The molecule has 19 heavy (non-hydrogen) atoms. The van der Waals surface area contributed by atoms with Crippen molar-refractivity contribution in [1.29, 1.82) is 0 Å². The van der Waals surface area contributed by atoms with Crippen LogP contribution < -0.4 is 10.1 Å². The van der Waals surface area contributed by atoms with Crippen LogP contribution in [-0.2, 0) is 6.42 Å². The summed E-state index contributed by atoms with van der Waals surface area (Å²) in [7, 11) is 1.64. The van der Waals surface area contributed by atoms with Crippen LogP contribution in [0.1, 0.15) is 16.1 Å². The predicted octanol–water partition coefficient (Wildman–Crippen LogP) is 2.06. The van der Waals surface area contributed by atoms with E-state index in [4.69, 9.17) is 4.74 Å². The van der Waals surface area contributed by atoms with Gasteiger partial charge in [-0.15, -0.1) is 0 Å². The van der Waals surface area contributed by atoms with Crippen molar-refractivity contribution in [2.75, 3.05) is 13.7 Å². The van der Waals surface area contributed by atoms with Crippen LogP contribution in [0.2, 0.25) is 0 Å². The topological polar surface area (TPSA) is 51.2 Å². The molecule has 0 unspecified atom stereocenters. The summed E-state index contributed by atoms with van der Waals surface area (Å²) in [5.74, 6) is 0.685. The summed E-state index contributed by atoms with van der Waals surface area (Å²) in [5, 5.41) is 2.84. The van der Waals surface area contributed by atoms with Crippen LogP contribution in [-0.4, -0.2) is 24.5 Å². The van der Waals surface area contributed by atoms with E-state index in [1.807, 2.05) is 24.3 Å². The van der Waals surface area contributed by atoms with Gasteiger partial charge in [-0.1, -0.05) is 24.3 Å². The van der Waals surface area contributed by atoms with Gasteiger partial charge in [0.15, 0.2) is 0 Å². The molecule has 0 bridgehead atoms. The Morgan fingerprint density at radius 1 is 1.21 bits per heavy atom. The largest absolute Gasteiger partial charge is 0.496 e. The molecule has 1 heterocycles. The summed E-state index contributed by atoms with van der Waals surface area (Å²) in [5.41, 5.74) is 1.51. The molecule has 2 aromatic rings. The second-order valence-electron chi connectivity index (χ2n) is 4.03. The molecule has 2 rings (SSSR count). The summed E-state index contributed by atoms with van der Waals surface area (Å²) in [6.07, 6.45) is 2.33. The number of amides is 1. The van der Waals surface area contributed by atoms with Gasteiger partial charge in [0, 0.05) is 12.7 Å². The molecule has 0 aliphatic heterocycles. The molecule has 1 aromatic heterocycles. The van der Waals surface area contributed by atoms with Crippen LogP contribution >= 0.6 is 0 Å². The highest BCUT2D eigenvalue weighted by atomic mass is 16.5. The van der Waals surface area contributed by atoms with Crippen LogP contribution in [0.25, 0.3) is 0 Å². The number of aromatic nitrogens is 1. The van der Waals surface area contributed by atoms with E-state index in [0.717, 1.165) is 17.7 Å². The van der Waals surface area contributed by atoms with Gasteiger partial charge in [-0.05, 0) is 30.2 Å². The number of pyridine rings is 1. The monoisotopic (exact) mass is 256 g/mol. The van der Waals surface area contributed by atoms with Crippen LogP contribution in [0.4, 0.5) is 0 Å². The van der Waals surface area contributed by atoms with E-state index in [0.29, 0.717) is 12.2 Å². The van der Waals surface area contributed by atoms with Crippen LogP contribution in [0.5, 0.6) is 5.75 Å². The maximum atomic E-state index is 11.8. The standard InChI is InChI=1S/C15H16N2O2/c1-19-14-8-3-2-6-12(14)9-11-17-15(18)13-7-4-5-10-16-13/h2-8,10H,9,11H2,1H3,(H,17,18). The third-order valence-electron chi connectivity index (χ3n) is 2.77. The Morgan fingerprint density at radius 3 is 2.74 bits per heavy atom. The summed E-state index contributed by atoms with van der Waals surface area (Å²) in [4.78, 5) is 15.8. The average Bonchev–Trinajstić information content (AvgIpc) is 2.48. The summed E-state index contributed by atoms with van der Waals surface area (Å²) in [6, 6.07) is 13.1. The molecule has 1 aromatic carbocycles. The van der Waals surface area contributed by atoms with Gasteiger partial charge in [0.1, 0.15) is 11.4 Å². The van der Waals surface area contributed by atoms with E-state index >= 15 is 0 Å². The van der Waals surface area contributed by atoms with Crippen molar-refractivity contribution in [3.8, 4) is 5.75 Å². The number of carbonyl (C=O) groups is 1. The van der Waals surface area contributed by atoms with E-state index in [-0.39, 0.29) is 5.91 Å². The highest BCUT2D eigenvalue weighted by Gasteiger charge is 2.06. The molecule has 0 fully saturated rings. The van der Waals surface area contributed by atoms with Gasteiger partial charge in [-0.2, -0.15) is 0 Å². The van der Waals surface area contributed by atoms with Crippen LogP contribution in [0, 0.1) is 0 Å². The van der Waals surface area contributed by atoms with Gasteiger partial charge in [0.2, 0.25) is 0 Å². The van der Waals surface area contributed by atoms with E-state index in [9.17, 15) is 4.79 Å². The molecule has 98 valence electrons. The van der Waals surface area contributed by atoms with E-state index in [1.54, 1.807) is 31.5 Å². The Hall–Kier alpha value is -2.36.